The SMILES string of the molecule is NCCCN(C(=O)Nc1ccccc1)c1cccc(F)c1. The number of amides is 2. The number of para-hydroxylation sites is 1. The molecule has 4 nitrogen and oxygen atoms in total. The topological polar surface area (TPSA) is 58.4 Å². The Bertz CT molecular complexity index is 589. The number of nitrogens with zero attached hydrogens (tertiary/aromatic N) is 1. The molecule has 0 radical (unpaired) electrons. The van der Waals surface area contributed by atoms with Crippen LogP contribution in [-0.4, -0.2) is 19.1 Å². The second-order valence-corrected chi connectivity index (χ2v) is 4.57. The number of anilines is 2. The van der Waals surface area contributed by atoms with Crippen molar-refractivity contribution >= 4 is 17.4 Å². The Kier molecular flexibility index (Phi) is 5.29. The normalized spacial score (nSPS) is 10.2. The van der Waals surface area contributed by atoms with Crippen LogP contribution in [0.4, 0.5) is 20.6 Å². The predicted molar refractivity (Wildman–Crippen MR) is 82.9 cm³/mol. The van der Waals surface area contributed by atoms with Gasteiger partial charge < -0.3 is 11.1 Å². The quantitative estimate of drug-likeness (QED) is 0.887. The molecule has 0 aliphatic heterocycles. The first-order chi connectivity index (χ1) is 10.2. The van der Waals surface area contributed by atoms with E-state index >= 15 is 0 Å². The molecule has 0 bridgehead atoms. The minimum atomic E-state index is -0.377. The summed E-state index contributed by atoms with van der Waals surface area (Å²) in [7, 11) is 0. The smallest absolute Gasteiger partial charge is 0.326 e. The molecule has 0 spiro atoms. The van der Waals surface area contributed by atoms with Crippen LogP contribution in [0.2, 0.25) is 0 Å². The van der Waals surface area contributed by atoms with E-state index in [9.17, 15) is 9.18 Å². The fraction of sp³-hybridized carbons (Fsp3) is 0.188. The van der Waals surface area contributed by atoms with Crippen molar-refractivity contribution < 1.29 is 9.18 Å². The summed E-state index contributed by atoms with van der Waals surface area (Å²) in [6.07, 6.45) is 0.638. The van der Waals surface area contributed by atoms with Crippen LogP contribution in [0.3, 0.4) is 0 Å². The fourth-order valence-electron chi connectivity index (χ4n) is 1.95. The van der Waals surface area contributed by atoms with Crippen LogP contribution in [-0.2, 0) is 0 Å². The molecule has 0 aromatic heterocycles. The number of hydrogen-bond acceptors (Lipinski definition) is 2. The van der Waals surface area contributed by atoms with E-state index in [0.717, 1.165) is 0 Å². The van der Waals surface area contributed by atoms with Gasteiger partial charge in [-0.15, -0.1) is 0 Å². The van der Waals surface area contributed by atoms with E-state index in [2.05, 4.69) is 5.32 Å². The average Bonchev–Trinajstić information content (AvgIpc) is 2.49. The number of rotatable bonds is 5. The minimum absolute atomic E-state index is 0.305. The Balaban J connectivity index is 2.17. The van der Waals surface area contributed by atoms with Crippen LogP contribution in [0.15, 0.2) is 54.6 Å². The van der Waals surface area contributed by atoms with Crippen molar-refractivity contribution in [1.82, 2.24) is 0 Å². The van der Waals surface area contributed by atoms with Crippen LogP contribution in [0.1, 0.15) is 6.42 Å². The third-order valence-corrected chi connectivity index (χ3v) is 2.98. The second-order valence-electron chi connectivity index (χ2n) is 4.57. The standard InChI is InChI=1S/C16H18FN3O/c17-13-6-4-9-15(12-13)20(11-5-10-18)16(21)19-14-7-2-1-3-8-14/h1-4,6-9,12H,5,10-11,18H2,(H,19,21). The minimum Gasteiger partial charge on any atom is -0.330 e. The van der Waals surface area contributed by atoms with Crippen molar-refractivity contribution in [1.29, 1.82) is 0 Å². The molecule has 0 fully saturated rings. The largest absolute Gasteiger partial charge is 0.330 e. The monoisotopic (exact) mass is 287 g/mol. The molecule has 2 rings (SSSR count). The van der Waals surface area contributed by atoms with E-state index in [-0.39, 0.29) is 11.8 Å². The summed E-state index contributed by atoms with van der Waals surface area (Å²) in [5, 5.41) is 2.79. The summed E-state index contributed by atoms with van der Waals surface area (Å²) in [6.45, 7) is 0.892. The lowest BCUT2D eigenvalue weighted by molar-refractivity contribution is 0.257. The molecule has 0 saturated carbocycles. The van der Waals surface area contributed by atoms with Gasteiger partial charge in [0, 0.05) is 17.9 Å². The van der Waals surface area contributed by atoms with E-state index in [1.165, 1.54) is 17.0 Å². The summed E-state index contributed by atoms with van der Waals surface area (Å²) in [5.74, 6) is -0.377. The van der Waals surface area contributed by atoms with Crippen LogP contribution < -0.4 is 16.0 Å². The maximum absolute atomic E-state index is 13.4. The zero-order chi connectivity index (χ0) is 15.1. The highest BCUT2D eigenvalue weighted by Gasteiger charge is 2.15. The highest BCUT2D eigenvalue weighted by molar-refractivity contribution is 6.01. The molecule has 0 aliphatic carbocycles. The van der Waals surface area contributed by atoms with Crippen LogP contribution in [0.25, 0.3) is 0 Å². The van der Waals surface area contributed by atoms with Gasteiger partial charge in [0.15, 0.2) is 0 Å². The van der Waals surface area contributed by atoms with Crippen LogP contribution >= 0.6 is 0 Å². The molecule has 21 heavy (non-hydrogen) atoms. The molecule has 3 N–H and O–H groups in total. The zero-order valence-corrected chi connectivity index (χ0v) is 11.6. The summed E-state index contributed by atoms with van der Waals surface area (Å²) in [5.41, 5.74) is 6.71. The van der Waals surface area contributed by atoms with Gasteiger partial charge in [-0.1, -0.05) is 24.3 Å². The fourth-order valence-corrected chi connectivity index (χ4v) is 1.95. The van der Waals surface area contributed by atoms with Crippen LogP contribution in [0, 0.1) is 5.82 Å². The van der Waals surface area contributed by atoms with E-state index < -0.39 is 0 Å². The van der Waals surface area contributed by atoms with E-state index in [4.69, 9.17) is 5.73 Å². The first kappa shape index (κ1) is 15.0. The molecular weight excluding hydrogens is 269 g/mol. The molecule has 0 atom stereocenters. The lowest BCUT2D eigenvalue weighted by Crippen LogP contribution is -2.36. The zero-order valence-electron chi connectivity index (χ0n) is 11.6. The Labute approximate surface area is 123 Å². The van der Waals surface area contributed by atoms with Gasteiger partial charge in [-0.05, 0) is 43.3 Å². The molecule has 5 heteroatoms. The number of hydrogen-bond donors (Lipinski definition) is 2. The Morgan fingerprint density at radius 2 is 1.90 bits per heavy atom. The summed E-state index contributed by atoms with van der Waals surface area (Å²) < 4.78 is 13.4. The Morgan fingerprint density at radius 3 is 2.57 bits per heavy atom. The van der Waals surface area contributed by atoms with Crippen molar-refractivity contribution in [3.8, 4) is 0 Å². The number of nitrogens with two attached hydrogens (primary N) is 1. The van der Waals surface area contributed by atoms with Gasteiger partial charge >= 0.3 is 6.03 Å². The molecule has 2 amide bonds. The number of carbonyl (C=O) groups is 1. The van der Waals surface area contributed by atoms with Crippen molar-refractivity contribution in [2.24, 2.45) is 5.73 Å². The molecule has 2 aromatic carbocycles. The lowest BCUT2D eigenvalue weighted by atomic mass is 10.2. The van der Waals surface area contributed by atoms with Crippen LogP contribution in [0.5, 0.6) is 0 Å². The molecule has 0 heterocycles. The first-order valence-corrected chi connectivity index (χ1v) is 6.80. The maximum Gasteiger partial charge on any atom is 0.326 e. The third kappa shape index (κ3) is 4.29. The molecule has 0 unspecified atom stereocenters. The second kappa shape index (κ2) is 7.40. The highest BCUT2D eigenvalue weighted by Crippen LogP contribution is 2.17. The number of benzene rings is 2. The van der Waals surface area contributed by atoms with Gasteiger partial charge in [-0.25, -0.2) is 9.18 Å². The molecule has 110 valence electrons. The number of halogens is 1. The van der Waals surface area contributed by atoms with E-state index in [1.54, 1.807) is 24.3 Å². The molecule has 0 saturated heterocycles. The number of carbonyl (C=O) groups excluding carboxylic acids is 1. The van der Waals surface area contributed by atoms with Gasteiger partial charge in [0.1, 0.15) is 5.82 Å². The molecular formula is C16H18FN3O. The molecule has 2 aromatic rings. The summed E-state index contributed by atoms with van der Waals surface area (Å²) in [6, 6.07) is 14.8. The van der Waals surface area contributed by atoms with Crippen molar-refractivity contribution in [2.75, 3.05) is 23.3 Å². The predicted octanol–water partition coefficient (Wildman–Crippen LogP) is 3.21. The van der Waals surface area contributed by atoms with E-state index in [1.807, 2.05) is 18.2 Å². The highest BCUT2D eigenvalue weighted by atomic mass is 19.1. The van der Waals surface area contributed by atoms with Gasteiger partial charge in [0.05, 0.1) is 0 Å². The number of urea groups is 1. The van der Waals surface area contributed by atoms with Crippen molar-refractivity contribution in [3.05, 3.63) is 60.4 Å². The summed E-state index contributed by atoms with van der Waals surface area (Å²) in [4.78, 5) is 13.9. The van der Waals surface area contributed by atoms with Gasteiger partial charge in [0.25, 0.3) is 0 Å². The first-order valence-electron chi connectivity index (χ1n) is 6.80. The molecule has 0 aliphatic rings. The van der Waals surface area contributed by atoms with Gasteiger partial charge in [-0.2, -0.15) is 0 Å². The van der Waals surface area contributed by atoms with Crippen molar-refractivity contribution in [3.63, 3.8) is 0 Å². The Morgan fingerprint density at radius 1 is 1.14 bits per heavy atom. The van der Waals surface area contributed by atoms with E-state index in [0.29, 0.717) is 30.9 Å². The van der Waals surface area contributed by atoms with Gasteiger partial charge in [0.2, 0.25) is 0 Å². The van der Waals surface area contributed by atoms with Gasteiger partial charge in [-0.3, -0.25) is 4.90 Å². The average molecular weight is 287 g/mol. The third-order valence-electron chi connectivity index (χ3n) is 2.98. The lowest BCUT2D eigenvalue weighted by Gasteiger charge is -2.23. The Hall–Kier alpha value is -2.40. The van der Waals surface area contributed by atoms with Crippen molar-refractivity contribution in [2.45, 2.75) is 6.42 Å². The maximum atomic E-state index is 13.4. The number of nitrogens with one attached hydrogen (secondary N) is 1. The summed E-state index contributed by atoms with van der Waals surface area (Å²) >= 11 is 0.